The first kappa shape index (κ1) is 26.4. The van der Waals surface area contributed by atoms with Crippen molar-refractivity contribution in [3.63, 3.8) is 0 Å². The van der Waals surface area contributed by atoms with Crippen LogP contribution in [0.4, 0.5) is 10.1 Å². The van der Waals surface area contributed by atoms with E-state index in [0.717, 1.165) is 24.0 Å². The minimum Gasteiger partial charge on any atom is -0.336 e. The number of fused-ring (bicyclic) bond motifs is 1. The van der Waals surface area contributed by atoms with Gasteiger partial charge in [-0.2, -0.15) is 0 Å². The molecule has 1 aliphatic rings. The smallest absolute Gasteiger partial charge is 0.330 e. The number of aryl methyl sites for hydroxylation is 1. The summed E-state index contributed by atoms with van der Waals surface area (Å²) in [4.78, 5) is 54.4. The number of hydrogen-bond acceptors (Lipinski definition) is 5. The Bertz CT molecular complexity index is 1870. The molecular formula is C31H29FN6O3. The zero-order valence-electron chi connectivity index (χ0n) is 22.7. The van der Waals surface area contributed by atoms with Crippen molar-refractivity contribution < 1.29 is 9.18 Å². The minimum absolute atomic E-state index is 0.193. The molecule has 3 aromatic heterocycles. The molecule has 0 saturated heterocycles. The highest BCUT2D eigenvalue weighted by Gasteiger charge is 2.27. The molecule has 6 rings (SSSR count). The molecule has 2 N–H and O–H groups in total. The zero-order chi connectivity index (χ0) is 28.7. The number of amides is 1. The van der Waals surface area contributed by atoms with E-state index in [-0.39, 0.29) is 23.7 Å². The molecule has 0 spiro atoms. The Morgan fingerprint density at radius 3 is 2.56 bits per heavy atom. The number of aromatic nitrogens is 5. The predicted molar refractivity (Wildman–Crippen MR) is 154 cm³/mol. The Kier molecular flexibility index (Phi) is 6.82. The molecule has 1 atom stereocenters. The second-order valence-electron chi connectivity index (χ2n) is 10.7. The van der Waals surface area contributed by atoms with Gasteiger partial charge in [0.2, 0.25) is 0 Å². The van der Waals surface area contributed by atoms with Crippen molar-refractivity contribution >= 4 is 22.8 Å². The topological polar surface area (TPSA) is 117 Å². The van der Waals surface area contributed by atoms with Crippen molar-refractivity contribution in [2.45, 2.75) is 38.6 Å². The van der Waals surface area contributed by atoms with Gasteiger partial charge in [0.05, 0.1) is 5.56 Å². The minimum atomic E-state index is -0.540. The van der Waals surface area contributed by atoms with Crippen LogP contribution in [0.1, 0.15) is 51.6 Å². The third-order valence-electron chi connectivity index (χ3n) is 7.61. The lowest BCUT2D eigenvalue weighted by Crippen LogP contribution is -2.30. The number of H-pyrrole nitrogens is 2. The molecule has 1 unspecified atom stereocenters. The van der Waals surface area contributed by atoms with Crippen LogP contribution in [0.25, 0.3) is 11.2 Å². The molecule has 1 amide bonds. The Hall–Kier alpha value is -4.86. The number of aromatic amines is 2. The van der Waals surface area contributed by atoms with Crippen LogP contribution in [-0.2, 0) is 13.0 Å². The van der Waals surface area contributed by atoms with E-state index in [9.17, 15) is 18.8 Å². The Balaban J connectivity index is 1.39. The van der Waals surface area contributed by atoms with Crippen LogP contribution in [0.3, 0.4) is 0 Å². The third kappa shape index (κ3) is 5.32. The predicted octanol–water partition coefficient (Wildman–Crippen LogP) is 4.32. The molecule has 2 aromatic carbocycles. The average molecular weight is 553 g/mol. The van der Waals surface area contributed by atoms with Gasteiger partial charge in [-0.05, 0) is 73.1 Å². The summed E-state index contributed by atoms with van der Waals surface area (Å²) in [5, 5.41) is 0. The number of anilines is 1. The van der Waals surface area contributed by atoms with Crippen LogP contribution >= 0.6 is 0 Å². The van der Waals surface area contributed by atoms with Gasteiger partial charge in [-0.1, -0.05) is 30.3 Å². The van der Waals surface area contributed by atoms with Gasteiger partial charge < -0.3 is 9.88 Å². The van der Waals surface area contributed by atoms with Crippen molar-refractivity contribution in [2.75, 3.05) is 11.9 Å². The lowest BCUT2D eigenvalue weighted by Gasteiger charge is -2.20. The lowest BCUT2D eigenvalue weighted by molar-refractivity contribution is 0.0992. The number of benzene rings is 2. The standard InChI is InChI=1S/C31H29FN6O3/c1-18-13-22(16-33-15-18)30(40)37(2)23-11-9-20(10-12-23)24(14-21-5-3-4-6-25(21)32)27-34-26-28(35-27)38(17-19-7-8-19)31(41)36-29(26)39/h3-6,9-13,15-16,19,24H,7-8,14,17H2,1-2H3,(H,34,35)(H,36,39,41). The van der Waals surface area contributed by atoms with Gasteiger partial charge >= 0.3 is 5.69 Å². The van der Waals surface area contributed by atoms with Gasteiger partial charge in [-0.3, -0.25) is 24.1 Å². The summed E-state index contributed by atoms with van der Waals surface area (Å²) in [5.74, 6) is -0.155. The van der Waals surface area contributed by atoms with Gasteiger partial charge in [0.15, 0.2) is 5.65 Å². The number of carbonyl (C=O) groups is 1. The van der Waals surface area contributed by atoms with Crippen molar-refractivity contribution in [1.29, 1.82) is 0 Å². The highest BCUT2D eigenvalue weighted by atomic mass is 19.1. The number of carbonyl (C=O) groups excluding carboxylic acids is 1. The van der Waals surface area contributed by atoms with E-state index in [1.165, 1.54) is 16.8 Å². The molecule has 41 heavy (non-hydrogen) atoms. The van der Waals surface area contributed by atoms with E-state index < -0.39 is 17.2 Å². The van der Waals surface area contributed by atoms with Crippen LogP contribution < -0.4 is 16.1 Å². The molecule has 3 heterocycles. The largest absolute Gasteiger partial charge is 0.336 e. The molecule has 0 aliphatic heterocycles. The number of nitrogens with zero attached hydrogens (tertiary/aromatic N) is 4. The normalized spacial score (nSPS) is 13.8. The second kappa shape index (κ2) is 10.6. The highest BCUT2D eigenvalue weighted by molar-refractivity contribution is 6.05. The summed E-state index contributed by atoms with van der Waals surface area (Å²) in [6.07, 6.45) is 5.56. The van der Waals surface area contributed by atoms with Crippen LogP contribution in [0, 0.1) is 18.7 Å². The average Bonchev–Trinajstić information content (AvgIpc) is 3.69. The maximum Gasteiger partial charge on any atom is 0.330 e. The lowest BCUT2D eigenvalue weighted by atomic mass is 9.91. The van der Waals surface area contributed by atoms with Gasteiger partial charge in [-0.15, -0.1) is 0 Å². The molecule has 9 nitrogen and oxygen atoms in total. The molecule has 0 bridgehead atoms. The van der Waals surface area contributed by atoms with Crippen molar-refractivity contribution in [3.8, 4) is 0 Å². The summed E-state index contributed by atoms with van der Waals surface area (Å²) in [7, 11) is 1.70. The fourth-order valence-electron chi connectivity index (χ4n) is 5.12. The number of imidazole rings is 1. The quantitative estimate of drug-likeness (QED) is 0.298. The number of pyridine rings is 1. The Morgan fingerprint density at radius 1 is 1.10 bits per heavy atom. The van der Waals surface area contributed by atoms with Crippen molar-refractivity contribution in [3.05, 3.63) is 122 Å². The highest BCUT2D eigenvalue weighted by Crippen LogP contribution is 2.32. The first-order valence-corrected chi connectivity index (χ1v) is 13.5. The molecular weight excluding hydrogens is 523 g/mol. The summed E-state index contributed by atoms with van der Waals surface area (Å²) >= 11 is 0. The molecule has 10 heteroatoms. The number of nitrogens with one attached hydrogen (secondary N) is 2. The SMILES string of the molecule is Cc1cncc(C(=O)N(C)c2ccc(C(Cc3ccccc3F)c3nc4c([nH]3)c(=O)[nH]c(=O)n4CC3CC3)cc2)c1. The Morgan fingerprint density at radius 2 is 1.85 bits per heavy atom. The third-order valence-corrected chi connectivity index (χ3v) is 7.61. The van der Waals surface area contributed by atoms with E-state index in [4.69, 9.17) is 4.98 Å². The summed E-state index contributed by atoms with van der Waals surface area (Å²) in [5.41, 5.74) is 2.83. The van der Waals surface area contributed by atoms with Gasteiger partial charge in [0, 0.05) is 37.6 Å². The molecule has 208 valence electrons. The maximum atomic E-state index is 14.8. The fourth-order valence-corrected chi connectivity index (χ4v) is 5.12. The number of hydrogen-bond donors (Lipinski definition) is 2. The second-order valence-corrected chi connectivity index (χ2v) is 10.7. The van der Waals surface area contributed by atoms with E-state index in [1.54, 1.807) is 42.4 Å². The first-order valence-electron chi connectivity index (χ1n) is 13.5. The summed E-state index contributed by atoms with van der Waals surface area (Å²) < 4.78 is 16.3. The van der Waals surface area contributed by atoms with E-state index in [1.807, 2.05) is 31.2 Å². The van der Waals surface area contributed by atoms with E-state index in [0.29, 0.717) is 40.7 Å². The summed E-state index contributed by atoms with van der Waals surface area (Å²) in [6.45, 7) is 2.37. The molecule has 1 fully saturated rings. The van der Waals surface area contributed by atoms with Gasteiger partial charge in [0.1, 0.15) is 17.2 Å². The first-order chi connectivity index (χ1) is 19.8. The van der Waals surface area contributed by atoms with Gasteiger partial charge in [-0.25, -0.2) is 14.2 Å². The fraction of sp³-hybridized carbons (Fsp3) is 0.258. The molecule has 1 saturated carbocycles. The number of rotatable bonds is 8. The molecule has 5 aromatic rings. The summed E-state index contributed by atoms with van der Waals surface area (Å²) in [6, 6.07) is 15.7. The van der Waals surface area contributed by atoms with Crippen LogP contribution in [0.15, 0.2) is 76.6 Å². The van der Waals surface area contributed by atoms with Crippen molar-refractivity contribution in [2.24, 2.45) is 5.92 Å². The number of halogens is 1. The molecule has 0 radical (unpaired) electrons. The Labute approximate surface area is 234 Å². The maximum absolute atomic E-state index is 14.8. The van der Waals surface area contributed by atoms with E-state index >= 15 is 0 Å². The van der Waals surface area contributed by atoms with E-state index in [2.05, 4.69) is 15.0 Å². The van der Waals surface area contributed by atoms with Crippen molar-refractivity contribution in [1.82, 2.24) is 24.5 Å². The monoisotopic (exact) mass is 552 g/mol. The van der Waals surface area contributed by atoms with Crippen LogP contribution in [0.2, 0.25) is 0 Å². The zero-order valence-corrected chi connectivity index (χ0v) is 22.7. The van der Waals surface area contributed by atoms with Crippen LogP contribution in [-0.4, -0.2) is 37.5 Å². The van der Waals surface area contributed by atoms with Gasteiger partial charge in [0.25, 0.3) is 11.5 Å². The van der Waals surface area contributed by atoms with Crippen LogP contribution in [0.5, 0.6) is 0 Å². The molecule has 1 aliphatic carbocycles.